The van der Waals surface area contributed by atoms with Crippen molar-refractivity contribution in [1.82, 2.24) is 0 Å². The molecule has 0 heterocycles. The third kappa shape index (κ3) is 2.29. The first-order chi connectivity index (χ1) is 6.35. The molecule has 0 fully saturated rings. The van der Waals surface area contributed by atoms with Crippen LogP contribution in [0.15, 0.2) is 0 Å². The molecule has 1 atom stereocenters. The SMILES string of the molecule is NC(C(F)F)C(F)(F)C(F)(F)C(F)(F)F. The van der Waals surface area contributed by atoms with Gasteiger partial charge in [0.2, 0.25) is 0 Å². The highest BCUT2D eigenvalue weighted by Gasteiger charge is 2.75. The minimum absolute atomic E-state index is 3.89. The summed E-state index contributed by atoms with van der Waals surface area (Å²) in [5.74, 6) is -12.7. The molecule has 0 aromatic heterocycles. The highest BCUT2D eigenvalue weighted by Crippen LogP contribution is 2.48. The highest BCUT2D eigenvalue weighted by atomic mass is 19.4. The standard InChI is InChI=1S/C5H4F9N/c6-2(7)1(15)3(8,9)4(10,11)5(12,13)14/h1-2H,15H2. The third-order valence-corrected chi connectivity index (χ3v) is 1.46. The third-order valence-electron chi connectivity index (χ3n) is 1.46. The molecule has 0 saturated carbocycles. The summed E-state index contributed by atoms with van der Waals surface area (Å²) in [6.45, 7) is 0. The van der Waals surface area contributed by atoms with E-state index in [1.807, 2.05) is 0 Å². The molecule has 0 amide bonds. The first kappa shape index (κ1) is 14.3. The average Bonchev–Trinajstić information content (AvgIpc) is 2.00. The molecule has 0 aromatic carbocycles. The van der Waals surface area contributed by atoms with Gasteiger partial charge in [-0.1, -0.05) is 0 Å². The minimum atomic E-state index is -6.65. The van der Waals surface area contributed by atoms with Gasteiger partial charge in [0.25, 0.3) is 6.43 Å². The van der Waals surface area contributed by atoms with E-state index < -0.39 is 30.5 Å². The molecule has 15 heavy (non-hydrogen) atoms. The molecule has 1 unspecified atom stereocenters. The summed E-state index contributed by atoms with van der Waals surface area (Å²) in [5, 5.41) is 0. The number of halogens is 9. The van der Waals surface area contributed by atoms with E-state index in [1.54, 1.807) is 0 Å². The topological polar surface area (TPSA) is 26.0 Å². The van der Waals surface area contributed by atoms with Gasteiger partial charge in [-0.3, -0.25) is 0 Å². The van der Waals surface area contributed by atoms with Crippen molar-refractivity contribution < 1.29 is 39.5 Å². The first-order valence-electron chi connectivity index (χ1n) is 3.21. The summed E-state index contributed by atoms with van der Waals surface area (Å²) in [5.41, 5.74) is 3.90. The van der Waals surface area contributed by atoms with Gasteiger partial charge in [0.1, 0.15) is 6.04 Å². The summed E-state index contributed by atoms with van der Waals surface area (Å²) < 4.78 is 106. The Morgan fingerprint density at radius 2 is 1.13 bits per heavy atom. The normalized spacial score (nSPS) is 17.0. The molecule has 2 N–H and O–H groups in total. The maximum absolute atomic E-state index is 12.3. The van der Waals surface area contributed by atoms with Crippen molar-refractivity contribution in [2.45, 2.75) is 30.5 Å². The Bertz CT molecular complexity index is 219. The van der Waals surface area contributed by atoms with Gasteiger partial charge in [-0.25, -0.2) is 8.78 Å². The first-order valence-corrected chi connectivity index (χ1v) is 3.21. The quantitative estimate of drug-likeness (QED) is 0.763. The lowest BCUT2D eigenvalue weighted by Gasteiger charge is -2.31. The van der Waals surface area contributed by atoms with E-state index in [0.717, 1.165) is 0 Å². The molecule has 1 nitrogen and oxygen atoms in total. The van der Waals surface area contributed by atoms with Crippen molar-refractivity contribution in [3.63, 3.8) is 0 Å². The molecule has 92 valence electrons. The molecule has 0 aliphatic rings. The molecule has 10 heteroatoms. The van der Waals surface area contributed by atoms with Crippen LogP contribution in [0, 0.1) is 0 Å². The summed E-state index contributed by atoms with van der Waals surface area (Å²) in [4.78, 5) is 0. The monoisotopic (exact) mass is 249 g/mol. The van der Waals surface area contributed by atoms with E-state index in [0.29, 0.717) is 0 Å². The van der Waals surface area contributed by atoms with Crippen molar-refractivity contribution in [1.29, 1.82) is 0 Å². The van der Waals surface area contributed by atoms with E-state index in [4.69, 9.17) is 0 Å². The fourth-order valence-electron chi connectivity index (χ4n) is 0.557. The Morgan fingerprint density at radius 1 is 0.800 bits per heavy atom. The van der Waals surface area contributed by atoms with Crippen LogP contribution in [0.1, 0.15) is 0 Å². The van der Waals surface area contributed by atoms with Gasteiger partial charge < -0.3 is 5.73 Å². The maximum atomic E-state index is 12.3. The van der Waals surface area contributed by atoms with Crippen LogP contribution in [0.4, 0.5) is 39.5 Å². The van der Waals surface area contributed by atoms with Crippen LogP contribution in [-0.2, 0) is 0 Å². The van der Waals surface area contributed by atoms with Crippen LogP contribution in [-0.4, -0.2) is 30.5 Å². The minimum Gasteiger partial charge on any atom is -0.318 e. The summed E-state index contributed by atoms with van der Waals surface area (Å²) in [7, 11) is 0. The molecule has 0 bridgehead atoms. The van der Waals surface area contributed by atoms with Gasteiger partial charge in [0, 0.05) is 0 Å². The van der Waals surface area contributed by atoms with E-state index in [-0.39, 0.29) is 0 Å². The smallest absolute Gasteiger partial charge is 0.318 e. The molecule has 0 aromatic rings. The Morgan fingerprint density at radius 3 is 1.33 bits per heavy atom. The molecule has 0 aliphatic carbocycles. The number of rotatable bonds is 3. The number of nitrogens with two attached hydrogens (primary N) is 1. The molecule has 0 aliphatic heterocycles. The Balaban J connectivity index is 5.19. The van der Waals surface area contributed by atoms with E-state index >= 15 is 0 Å². The van der Waals surface area contributed by atoms with Crippen LogP contribution >= 0.6 is 0 Å². The van der Waals surface area contributed by atoms with Gasteiger partial charge >= 0.3 is 18.0 Å². The molecule has 0 radical (unpaired) electrons. The van der Waals surface area contributed by atoms with Gasteiger partial charge in [-0.05, 0) is 0 Å². The van der Waals surface area contributed by atoms with E-state index in [9.17, 15) is 39.5 Å². The lowest BCUT2D eigenvalue weighted by molar-refractivity contribution is -0.362. The number of hydrogen-bond acceptors (Lipinski definition) is 1. The van der Waals surface area contributed by atoms with Crippen LogP contribution in [0.5, 0.6) is 0 Å². The summed E-state index contributed by atoms with van der Waals surface area (Å²) in [6.07, 6.45) is -10.9. The average molecular weight is 249 g/mol. The van der Waals surface area contributed by atoms with Crippen LogP contribution in [0.2, 0.25) is 0 Å². The fourth-order valence-corrected chi connectivity index (χ4v) is 0.557. The number of alkyl halides is 9. The van der Waals surface area contributed by atoms with Gasteiger partial charge in [-0.2, -0.15) is 30.7 Å². The second kappa shape index (κ2) is 3.72. The largest absolute Gasteiger partial charge is 0.459 e. The molecule has 0 saturated heterocycles. The van der Waals surface area contributed by atoms with Gasteiger partial charge in [-0.15, -0.1) is 0 Å². The summed E-state index contributed by atoms with van der Waals surface area (Å²) in [6, 6.07) is -3.89. The van der Waals surface area contributed by atoms with Crippen LogP contribution in [0.3, 0.4) is 0 Å². The summed E-state index contributed by atoms with van der Waals surface area (Å²) >= 11 is 0. The van der Waals surface area contributed by atoms with Crippen molar-refractivity contribution >= 4 is 0 Å². The van der Waals surface area contributed by atoms with Crippen molar-refractivity contribution in [2.75, 3.05) is 0 Å². The second-order valence-corrected chi connectivity index (χ2v) is 2.56. The van der Waals surface area contributed by atoms with Gasteiger partial charge in [0.15, 0.2) is 0 Å². The van der Waals surface area contributed by atoms with E-state index in [2.05, 4.69) is 5.73 Å². The van der Waals surface area contributed by atoms with Crippen molar-refractivity contribution in [3.05, 3.63) is 0 Å². The second-order valence-electron chi connectivity index (χ2n) is 2.56. The molecule has 0 rings (SSSR count). The molecular weight excluding hydrogens is 245 g/mol. The maximum Gasteiger partial charge on any atom is 0.459 e. The van der Waals surface area contributed by atoms with Crippen LogP contribution in [0.25, 0.3) is 0 Å². The zero-order chi connectivity index (χ0) is 12.7. The van der Waals surface area contributed by atoms with Crippen molar-refractivity contribution in [2.24, 2.45) is 5.73 Å². The lowest BCUT2D eigenvalue weighted by Crippen LogP contribution is -2.62. The predicted octanol–water partition coefficient (Wildman–Crippen LogP) is 2.41. The van der Waals surface area contributed by atoms with Crippen molar-refractivity contribution in [3.8, 4) is 0 Å². The molecular formula is C5H4F9N. The van der Waals surface area contributed by atoms with Crippen LogP contribution < -0.4 is 5.73 Å². The molecule has 0 spiro atoms. The Hall–Kier alpha value is -0.670. The highest BCUT2D eigenvalue weighted by molar-refractivity contribution is 4.98. The fraction of sp³-hybridized carbons (Fsp3) is 1.00. The zero-order valence-corrected chi connectivity index (χ0v) is 6.63. The lowest BCUT2D eigenvalue weighted by atomic mass is 10.0. The predicted molar refractivity (Wildman–Crippen MR) is 29.9 cm³/mol. The number of hydrogen-bond donors (Lipinski definition) is 1. The van der Waals surface area contributed by atoms with E-state index in [1.165, 1.54) is 0 Å². The zero-order valence-electron chi connectivity index (χ0n) is 6.63. The Kier molecular flexibility index (Phi) is 3.56. The Labute approximate surface area is 77.0 Å². The van der Waals surface area contributed by atoms with Gasteiger partial charge in [0.05, 0.1) is 0 Å².